The van der Waals surface area contributed by atoms with Crippen molar-refractivity contribution in [2.45, 2.75) is 11.8 Å². The van der Waals surface area contributed by atoms with Gasteiger partial charge in [-0.15, -0.1) is 0 Å². The Kier molecular flexibility index (Phi) is 4.37. The van der Waals surface area contributed by atoms with E-state index in [9.17, 15) is 22.7 Å². The summed E-state index contributed by atoms with van der Waals surface area (Å²) in [7, 11) is -3.06. The van der Waals surface area contributed by atoms with E-state index < -0.39 is 26.7 Å². The van der Waals surface area contributed by atoms with Crippen LogP contribution in [0.2, 0.25) is 0 Å². The van der Waals surface area contributed by atoms with Gasteiger partial charge in [-0.05, 0) is 36.8 Å². The van der Waals surface area contributed by atoms with Gasteiger partial charge in [-0.3, -0.25) is 9.29 Å². The molecule has 0 amide bonds. The Morgan fingerprint density at radius 1 is 1.19 bits per heavy atom. The fraction of sp³-hybridized carbons (Fsp3) is 0.111. The van der Waals surface area contributed by atoms with Gasteiger partial charge < -0.3 is 5.11 Å². The molecule has 1 N–H and O–H groups in total. The maximum absolute atomic E-state index is 14.4. The molecule has 0 saturated heterocycles. The molecule has 2 aromatic carbocycles. The number of benzene rings is 2. The van der Waals surface area contributed by atoms with Gasteiger partial charge in [0.1, 0.15) is 10.7 Å². The lowest BCUT2D eigenvalue weighted by molar-refractivity contribution is 0.0695. The van der Waals surface area contributed by atoms with Crippen molar-refractivity contribution in [3.63, 3.8) is 0 Å². The first kappa shape index (κ1) is 17.8. The summed E-state index contributed by atoms with van der Waals surface area (Å²) in [6, 6.07) is 10.3. The highest BCUT2D eigenvalue weighted by atomic mass is 32.2. The lowest BCUT2D eigenvalue weighted by atomic mass is 10.1. The van der Waals surface area contributed by atoms with Crippen LogP contribution in [0.3, 0.4) is 0 Å². The highest BCUT2D eigenvalue weighted by Gasteiger charge is 2.28. The van der Waals surface area contributed by atoms with Gasteiger partial charge in [0.15, 0.2) is 0 Å². The first-order valence-electron chi connectivity index (χ1n) is 7.59. The molecule has 0 radical (unpaired) electrons. The van der Waals surface area contributed by atoms with Crippen molar-refractivity contribution in [3.05, 3.63) is 65.6 Å². The summed E-state index contributed by atoms with van der Waals surface area (Å²) in [5.74, 6) is -2.33. The van der Waals surface area contributed by atoms with Crippen molar-refractivity contribution in [3.8, 4) is 0 Å². The van der Waals surface area contributed by atoms with Crippen LogP contribution in [0.25, 0.3) is 10.9 Å². The van der Waals surface area contributed by atoms with Gasteiger partial charge in [0.2, 0.25) is 0 Å². The summed E-state index contributed by atoms with van der Waals surface area (Å²) in [6.45, 7) is 1.40. The average Bonchev–Trinajstić information content (AvgIpc) is 2.60. The molecular weight excluding hydrogens is 359 g/mol. The van der Waals surface area contributed by atoms with Gasteiger partial charge in [-0.1, -0.05) is 18.2 Å². The van der Waals surface area contributed by atoms with Crippen molar-refractivity contribution >= 4 is 32.6 Å². The van der Waals surface area contributed by atoms with Crippen LogP contribution in [0.15, 0.2) is 53.6 Å². The molecule has 0 atom stereocenters. The summed E-state index contributed by atoms with van der Waals surface area (Å²) in [4.78, 5) is 14.8. The second-order valence-corrected chi connectivity index (χ2v) is 7.67. The molecule has 3 aromatic rings. The zero-order valence-corrected chi connectivity index (χ0v) is 14.8. The van der Waals surface area contributed by atoms with Crippen LogP contribution in [0.1, 0.15) is 15.9 Å². The van der Waals surface area contributed by atoms with E-state index in [0.29, 0.717) is 5.52 Å². The van der Waals surface area contributed by atoms with Crippen molar-refractivity contribution in [1.29, 1.82) is 0 Å². The first-order valence-corrected chi connectivity index (χ1v) is 9.03. The molecule has 0 fully saturated rings. The number of sulfonamides is 1. The number of carboxylic acids is 1. The van der Waals surface area contributed by atoms with E-state index in [4.69, 9.17) is 0 Å². The first-order chi connectivity index (χ1) is 12.2. The molecule has 6 nitrogen and oxygen atoms in total. The third-order valence-corrected chi connectivity index (χ3v) is 5.88. The van der Waals surface area contributed by atoms with Gasteiger partial charge in [0, 0.05) is 18.6 Å². The van der Waals surface area contributed by atoms with E-state index >= 15 is 0 Å². The number of anilines is 1. The molecule has 0 saturated carbocycles. The second-order valence-electron chi connectivity index (χ2n) is 5.73. The Hall–Kier alpha value is -3.00. The summed E-state index contributed by atoms with van der Waals surface area (Å²) in [5.41, 5.74) is 0.574. The molecule has 26 heavy (non-hydrogen) atoms. The van der Waals surface area contributed by atoms with Crippen LogP contribution < -0.4 is 4.31 Å². The molecule has 0 unspecified atom stereocenters. The van der Waals surface area contributed by atoms with E-state index in [-0.39, 0.29) is 16.8 Å². The maximum atomic E-state index is 14.4. The molecule has 0 aliphatic heterocycles. The Morgan fingerprint density at radius 3 is 2.58 bits per heavy atom. The molecular formula is C18H15FN2O4S. The SMILES string of the molecule is Cc1cc(F)c(S(=O)(=O)N(C)c2cccc3cccnc23)cc1C(=O)O. The molecule has 1 aromatic heterocycles. The Balaban J connectivity index is 2.19. The van der Waals surface area contributed by atoms with Crippen LogP contribution in [0.5, 0.6) is 0 Å². The summed E-state index contributed by atoms with van der Waals surface area (Å²) < 4.78 is 41.2. The number of rotatable bonds is 4. The van der Waals surface area contributed by atoms with Gasteiger partial charge >= 0.3 is 5.97 Å². The van der Waals surface area contributed by atoms with Crippen molar-refractivity contribution < 1.29 is 22.7 Å². The fourth-order valence-electron chi connectivity index (χ4n) is 2.70. The van der Waals surface area contributed by atoms with Crippen LogP contribution in [0.4, 0.5) is 10.1 Å². The lowest BCUT2D eigenvalue weighted by Gasteiger charge is -2.21. The van der Waals surface area contributed by atoms with E-state index in [1.807, 2.05) is 0 Å². The largest absolute Gasteiger partial charge is 0.478 e. The predicted molar refractivity (Wildman–Crippen MR) is 95.4 cm³/mol. The zero-order chi connectivity index (χ0) is 19.1. The summed E-state index contributed by atoms with van der Waals surface area (Å²) >= 11 is 0. The minimum Gasteiger partial charge on any atom is -0.478 e. The standard InChI is InChI=1S/C18H15FN2O4S/c1-11-9-14(19)16(10-13(11)18(22)23)26(24,25)21(2)15-7-3-5-12-6-4-8-20-17(12)15/h3-10H,1-2H3,(H,22,23). The number of nitrogens with zero attached hydrogens (tertiary/aromatic N) is 2. The van der Waals surface area contributed by atoms with Crippen molar-refractivity contribution in [2.24, 2.45) is 0 Å². The molecule has 3 rings (SSSR count). The molecule has 0 bridgehead atoms. The molecule has 134 valence electrons. The number of aromatic carboxylic acids is 1. The minimum atomic E-state index is -4.33. The number of aromatic nitrogens is 1. The van der Waals surface area contributed by atoms with Gasteiger partial charge in [-0.2, -0.15) is 0 Å². The third-order valence-electron chi connectivity index (χ3n) is 4.10. The fourth-order valence-corrected chi connectivity index (χ4v) is 3.97. The highest BCUT2D eigenvalue weighted by Crippen LogP contribution is 2.30. The summed E-state index contributed by atoms with van der Waals surface area (Å²) in [5, 5.41) is 9.93. The zero-order valence-electron chi connectivity index (χ0n) is 14.0. The minimum absolute atomic E-state index is 0.142. The highest BCUT2D eigenvalue weighted by molar-refractivity contribution is 7.92. The Morgan fingerprint density at radius 2 is 1.88 bits per heavy atom. The van der Waals surface area contributed by atoms with Crippen molar-refractivity contribution in [2.75, 3.05) is 11.4 Å². The number of hydrogen-bond donors (Lipinski definition) is 1. The monoisotopic (exact) mass is 374 g/mol. The molecule has 0 spiro atoms. The quantitative estimate of drug-likeness (QED) is 0.758. The van der Waals surface area contributed by atoms with Gasteiger partial charge in [0.05, 0.1) is 16.8 Å². The Labute approximate surface area is 149 Å². The number of fused-ring (bicyclic) bond motifs is 1. The number of carbonyl (C=O) groups is 1. The van der Waals surface area contributed by atoms with E-state index in [2.05, 4.69) is 4.98 Å². The molecule has 8 heteroatoms. The van der Waals surface area contributed by atoms with Crippen LogP contribution in [-0.4, -0.2) is 31.5 Å². The average molecular weight is 374 g/mol. The number of carboxylic acid groups (broad SMARTS) is 1. The lowest BCUT2D eigenvalue weighted by Crippen LogP contribution is -2.28. The van der Waals surface area contributed by atoms with E-state index in [0.717, 1.165) is 21.8 Å². The predicted octanol–water partition coefficient (Wildman–Crippen LogP) is 3.21. The third kappa shape index (κ3) is 2.88. The van der Waals surface area contributed by atoms with Gasteiger partial charge in [-0.25, -0.2) is 17.6 Å². The van der Waals surface area contributed by atoms with E-state index in [1.54, 1.807) is 30.3 Å². The van der Waals surface area contributed by atoms with E-state index in [1.165, 1.54) is 20.2 Å². The smallest absolute Gasteiger partial charge is 0.335 e. The van der Waals surface area contributed by atoms with Crippen LogP contribution in [-0.2, 0) is 10.0 Å². The summed E-state index contributed by atoms with van der Waals surface area (Å²) in [6.07, 6.45) is 1.53. The Bertz CT molecular complexity index is 1120. The van der Waals surface area contributed by atoms with Crippen LogP contribution in [0, 0.1) is 12.7 Å². The number of halogens is 1. The number of hydrogen-bond acceptors (Lipinski definition) is 4. The van der Waals surface area contributed by atoms with Gasteiger partial charge in [0.25, 0.3) is 10.0 Å². The van der Waals surface area contributed by atoms with Crippen LogP contribution >= 0.6 is 0 Å². The molecule has 0 aliphatic rings. The molecule has 0 aliphatic carbocycles. The second kappa shape index (κ2) is 6.38. The number of pyridine rings is 1. The number of para-hydroxylation sites is 1. The maximum Gasteiger partial charge on any atom is 0.335 e. The van der Waals surface area contributed by atoms with Crippen molar-refractivity contribution in [1.82, 2.24) is 4.98 Å². The normalized spacial score (nSPS) is 11.5. The molecule has 1 heterocycles. The number of aryl methyl sites for hydroxylation is 1. The topological polar surface area (TPSA) is 87.6 Å².